The minimum absolute atomic E-state index is 0.159. The minimum Gasteiger partial charge on any atom is -0.348 e. The van der Waals surface area contributed by atoms with Crippen molar-refractivity contribution in [3.05, 3.63) is 0 Å². The Kier molecular flexibility index (Phi) is 3.12. The molecule has 0 aromatic rings. The monoisotopic (exact) mass is 212 g/mol. The summed E-state index contributed by atoms with van der Waals surface area (Å²) in [4.78, 5) is 16.8. The van der Waals surface area contributed by atoms with Crippen molar-refractivity contribution in [2.24, 2.45) is 0 Å². The molecule has 0 aliphatic carbocycles. The van der Waals surface area contributed by atoms with Gasteiger partial charge in [-0.1, -0.05) is 0 Å². The zero-order valence-corrected chi connectivity index (χ0v) is 8.36. The van der Waals surface area contributed by atoms with Crippen LogP contribution in [0.25, 0.3) is 0 Å². The van der Waals surface area contributed by atoms with E-state index in [9.17, 15) is 4.57 Å². The predicted molar refractivity (Wildman–Crippen MR) is 42.9 cm³/mol. The second-order valence-corrected chi connectivity index (χ2v) is 4.48. The largest absolute Gasteiger partial charge is 0.469 e. The van der Waals surface area contributed by atoms with Crippen LogP contribution in [0.1, 0.15) is 13.8 Å². The van der Waals surface area contributed by atoms with Crippen molar-refractivity contribution in [1.82, 2.24) is 0 Å². The summed E-state index contributed by atoms with van der Waals surface area (Å²) in [6.07, 6.45) is -0.414. The lowest BCUT2D eigenvalue weighted by Crippen LogP contribution is -2.23. The number of hydrogen-bond donors (Lipinski definition) is 2. The molecule has 13 heavy (non-hydrogen) atoms. The molecule has 7 heteroatoms. The summed E-state index contributed by atoms with van der Waals surface area (Å²) >= 11 is 0. The van der Waals surface area contributed by atoms with Gasteiger partial charge in [-0.3, -0.25) is 4.52 Å². The van der Waals surface area contributed by atoms with Gasteiger partial charge in [0, 0.05) is 0 Å². The van der Waals surface area contributed by atoms with Gasteiger partial charge in [-0.05, 0) is 13.8 Å². The summed E-state index contributed by atoms with van der Waals surface area (Å²) in [6.45, 7) is 3.58. The zero-order valence-electron chi connectivity index (χ0n) is 7.47. The fourth-order valence-electron chi connectivity index (χ4n) is 1.03. The summed E-state index contributed by atoms with van der Waals surface area (Å²) in [6, 6.07) is 0. The molecule has 1 aliphatic rings. The molecule has 6 nitrogen and oxygen atoms in total. The highest BCUT2D eigenvalue weighted by molar-refractivity contribution is 7.46. The summed E-state index contributed by atoms with van der Waals surface area (Å²) in [5.74, 6) is -0.692. The third kappa shape index (κ3) is 4.17. The van der Waals surface area contributed by atoms with E-state index in [0.717, 1.165) is 0 Å². The maximum Gasteiger partial charge on any atom is 0.469 e. The second kappa shape index (κ2) is 3.65. The molecule has 1 fully saturated rings. The highest BCUT2D eigenvalue weighted by atomic mass is 31.2. The fraction of sp³-hybridized carbons (Fsp3) is 1.00. The standard InChI is InChI=1S/C6H13O6P/c1-6(2)10-3-5(12-6)4-11-13(7,8)9/h5H,3-4H2,1-2H3,(H2,7,8,9)/t5-/m0/s1. The van der Waals surface area contributed by atoms with Gasteiger partial charge in [0.05, 0.1) is 13.2 Å². The van der Waals surface area contributed by atoms with E-state index in [-0.39, 0.29) is 13.2 Å². The van der Waals surface area contributed by atoms with E-state index in [0.29, 0.717) is 0 Å². The fourth-order valence-corrected chi connectivity index (χ4v) is 1.39. The molecule has 78 valence electrons. The molecule has 1 aliphatic heterocycles. The Morgan fingerprint density at radius 2 is 2.23 bits per heavy atom. The van der Waals surface area contributed by atoms with Crippen LogP contribution in [-0.4, -0.2) is 34.9 Å². The molecular weight excluding hydrogens is 199 g/mol. The maximum absolute atomic E-state index is 10.3. The van der Waals surface area contributed by atoms with Crippen LogP contribution < -0.4 is 0 Å². The Hall–Kier alpha value is 0.0300. The van der Waals surface area contributed by atoms with E-state index in [4.69, 9.17) is 19.3 Å². The van der Waals surface area contributed by atoms with Crippen LogP contribution in [0.3, 0.4) is 0 Å². The molecule has 0 spiro atoms. The number of phosphoric acid groups is 1. The first-order chi connectivity index (χ1) is 5.79. The van der Waals surface area contributed by atoms with Gasteiger partial charge in [0.2, 0.25) is 0 Å². The van der Waals surface area contributed by atoms with Crippen molar-refractivity contribution in [2.45, 2.75) is 25.7 Å². The first-order valence-electron chi connectivity index (χ1n) is 3.80. The van der Waals surface area contributed by atoms with Crippen molar-refractivity contribution in [3.8, 4) is 0 Å². The molecule has 0 saturated carbocycles. The van der Waals surface area contributed by atoms with Crippen molar-refractivity contribution < 1.29 is 28.3 Å². The van der Waals surface area contributed by atoms with Crippen LogP contribution in [0.5, 0.6) is 0 Å². The highest BCUT2D eigenvalue weighted by Crippen LogP contribution is 2.36. The summed E-state index contributed by atoms with van der Waals surface area (Å²) in [5, 5.41) is 0. The van der Waals surface area contributed by atoms with Crippen LogP contribution in [0.4, 0.5) is 0 Å². The Bertz CT molecular complexity index is 221. The summed E-state index contributed by atoms with van der Waals surface area (Å²) in [5.41, 5.74) is 0. The highest BCUT2D eigenvalue weighted by Gasteiger charge is 2.33. The van der Waals surface area contributed by atoms with Gasteiger partial charge in [0.15, 0.2) is 5.79 Å². The van der Waals surface area contributed by atoms with E-state index >= 15 is 0 Å². The smallest absolute Gasteiger partial charge is 0.348 e. The summed E-state index contributed by atoms with van der Waals surface area (Å²) in [7, 11) is -4.40. The quantitative estimate of drug-likeness (QED) is 0.652. The molecule has 1 heterocycles. The van der Waals surface area contributed by atoms with Crippen LogP contribution in [-0.2, 0) is 18.6 Å². The first kappa shape index (κ1) is 11.1. The third-order valence-electron chi connectivity index (χ3n) is 1.50. The van der Waals surface area contributed by atoms with E-state index in [1.54, 1.807) is 13.8 Å². The number of ether oxygens (including phenoxy) is 2. The Balaban J connectivity index is 2.30. The molecule has 2 N–H and O–H groups in total. The van der Waals surface area contributed by atoms with E-state index in [1.807, 2.05) is 0 Å². The van der Waals surface area contributed by atoms with Crippen molar-refractivity contribution in [3.63, 3.8) is 0 Å². The molecule has 0 amide bonds. The average molecular weight is 212 g/mol. The van der Waals surface area contributed by atoms with Crippen LogP contribution in [0, 0.1) is 0 Å². The Morgan fingerprint density at radius 3 is 2.62 bits per heavy atom. The topological polar surface area (TPSA) is 85.2 Å². The van der Waals surface area contributed by atoms with Gasteiger partial charge in [-0.25, -0.2) is 4.57 Å². The SMILES string of the molecule is CC1(C)OC[C@@H](COP(=O)(O)O)O1. The minimum atomic E-state index is -4.40. The molecule has 0 unspecified atom stereocenters. The van der Waals surface area contributed by atoms with E-state index in [1.165, 1.54) is 0 Å². The number of hydrogen-bond acceptors (Lipinski definition) is 4. The normalized spacial score (nSPS) is 27.8. The van der Waals surface area contributed by atoms with Gasteiger partial charge in [0.1, 0.15) is 6.10 Å². The van der Waals surface area contributed by atoms with Gasteiger partial charge in [0.25, 0.3) is 0 Å². The number of phosphoric ester groups is 1. The Morgan fingerprint density at radius 1 is 1.62 bits per heavy atom. The average Bonchev–Trinajstić information content (AvgIpc) is 2.24. The predicted octanol–water partition coefficient (Wildman–Crippen LogP) is 0.247. The second-order valence-electron chi connectivity index (χ2n) is 3.24. The first-order valence-corrected chi connectivity index (χ1v) is 5.33. The molecule has 0 radical (unpaired) electrons. The Labute approximate surface area is 76.0 Å². The lowest BCUT2D eigenvalue weighted by molar-refractivity contribution is -0.142. The van der Waals surface area contributed by atoms with Crippen molar-refractivity contribution in [2.75, 3.05) is 13.2 Å². The van der Waals surface area contributed by atoms with Crippen LogP contribution in [0.2, 0.25) is 0 Å². The lowest BCUT2D eigenvalue weighted by atomic mass is 10.4. The zero-order chi connectivity index (χ0) is 10.1. The molecule has 1 atom stereocenters. The van der Waals surface area contributed by atoms with E-state index < -0.39 is 19.7 Å². The lowest BCUT2D eigenvalue weighted by Gasteiger charge is -2.17. The molecule has 1 saturated heterocycles. The molecule has 1 rings (SSSR count). The number of rotatable bonds is 3. The van der Waals surface area contributed by atoms with Gasteiger partial charge >= 0.3 is 7.82 Å². The third-order valence-corrected chi connectivity index (χ3v) is 1.98. The van der Waals surface area contributed by atoms with Crippen LogP contribution in [0.15, 0.2) is 0 Å². The summed E-state index contributed by atoms with van der Waals surface area (Å²) < 4.78 is 25.0. The molecule has 0 aromatic carbocycles. The van der Waals surface area contributed by atoms with E-state index in [2.05, 4.69) is 4.52 Å². The maximum atomic E-state index is 10.3. The van der Waals surface area contributed by atoms with Crippen molar-refractivity contribution in [1.29, 1.82) is 0 Å². The van der Waals surface area contributed by atoms with Crippen molar-refractivity contribution >= 4 is 7.82 Å². The van der Waals surface area contributed by atoms with Crippen LogP contribution >= 0.6 is 7.82 Å². The van der Waals surface area contributed by atoms with Gasteiger partial charge < -0.3 is 19.3 Å². The van der Waals surface area contributed by atoms with Gasteiger partial charge in [-0.15, -0.1) is 0 Å². The van der Waals surface area contributed by atoms with Gasteiger partial charge in [-0.2, -0.15) is 0 Å². The molecule has 0 aromatic heterocycles. The molecular formula is C6H13O6P. The molecule has 0 bridgehead atoms.